The minimum absolute atomic E-state index is 0.349. The van der Waals surface area contributed by atoms with E-state index in [1.54, 1.807) is 10.9 Å². The third-order valence-electron chi connectivity index (χ3n) is 3.54. The highest BCUT2D eigenvalue weighted by Gasteiger charge is 2.14. The molecule has 1 saturated carbocycles. The van der Waals surface area contributed by atoms with Crippen molar-refractivity contribution in [3.63, 3.8) is 0 Å². The molecule has 2 N–H and O–H groups in total. The zero-order valence-corrected chi connectivity index (χ0v) is 10.4. The van der Waals surface area contributed by atoms with Gasteiger partial charge in [0.15, 0.2) is 0 Å². The summed E-state index contributed by atoms with van der Waals surface area (Å²) >= 11 is 0. The van der Waals surface area contributed by atoms with Crippen molar-refractivity contribution in [2.45, 2.75) is 44.8 Å². The molecule has 1 fully saturated rings. The molecule has 2 rings (SSSR count). The second-order valence-corrected chi connectivity index (χ2v) is 5.03. The van der Waals surface area contributed by atoms with Crippen LogP contribution in [0.2, 0.25) is 0 Å². The molecule has 1 aliphatic rings. The van der Waals surface area contributed by atoms with Crippen LogP contribution in [0, 0.1) is 5.92 Å². The summed E-state index contributed by atoms with van der Waals surface area (Å²) in [5.41, 5.74) is 0. The highest BCUT2D eigenvalue weighted by Crippen LogP contribution is 2.26. The van der Waals surface area contributed by atoms with E-state index in [4.69, 9.17) is 0 Å². The lowest BCUT2D eigenvalue weighted by Crippen LogP contribution is -2.31. The lowest BCUT2D eigenvalue weighted by Gasteiger charge is -2.13. The van der Waals surface area contributed by atoms with Crippen LogP contribution in [0.1, 0.15) is 32.1 Å². The van der Waals surface area contributed by atoms with Crippen LogP contribution in [-0.4, -0.2) is 34.1 Å². The van der Waals surface area contributed by atoms with E-state index in [1.165, 1.54) is 32.1 Å². The molecule has 0 bridgehead atoms. The van der Waals surface area contributed by atoms with Crippen LogP contribution in [-0.2, 0) is 6.54 Å². The standard InChI is InChI=1S/C13H23N3O/c17-13(11-16-9-3-7-15-16)10-14-8-6-12-4-1-2-5-12/h3,7,9,12-14,17H,1-2,4-6,8,10-11H2. The number of nitrogens with one attached hydrogen (secondary N) is 1. The maximum absolute atomic E-state index is 9.79. The van der Waals surface area contributed by atoms with E-state index in [1.807, 2.05) is 12.3 Å². The molecule has 1 heterocycles. The molecule has 1 aliphatic carbocycles. The summed E-state index contributed by atoms with van der Waals surface area (Å²) in [4.78, 5) is 0. The Bertz CT molecular complexity index is 294. The van der Waals surface area contributed by atoms with E-state index in [0.29, 0.717) is 13.1 Å². The van der Waals surface area contributed by atoms with Gasteiger partial charge in [0.1, 0.15) is 0 Å². The average molecular weight is 237 g/mol. The molecule has 1 aromatic heterocycles. The molecule has 0 aromatic carbocycles. The molecule has 4 nitrogen and oxygen atoms in total. The Hall–Kier alpha value is -0.870. The van der Waals surface area contributed by atoms with Gasteiger partial charge in [-0.3, -0.25) is 4.68 Å². The van der Waals surface area contributed by atoms with Crippen molar-refractivity contribution in [3.05, 3.63) is 18.5 Å². The Balaban J connectivity index is 1.52. The quantitative estimate of drug-likeness (QED) is 0.705. The van der Waals surface area contributed by atoms with E-state index >= 15 is 0 Å². The van der Waals surface area contributed by atoms with Gasteiger partial charge in [-0.1, -0.05) is 25.7 Å². The van der Waals surface area contributed by atoms with Crippen molar-refractivity contribution in [2.24, 2.45) is 5.92 Å². The van der Waals surface area contributed by atoms with Crippen LogP contribution in [0.5, 0.6) is 0 Å². The van der Waals surface area contributed by atoms with E-state index < -0.39 is 0 Å². The van der Waals surface area contributed by atoms with Crippen molar-refractivity contribution in [2.75, 3.05) is 13.1 Å². The topological polar surface area (TPSA) is 50.1 Å². The molecule has 1 atom stereocenters. The minimum Gasteiger partial charge on any atom is -0.390 e. The Morgan fingerprint density at radius 2 is 2.24 bits per heavy atom. The molecule has 0 saturated heterocycles. The number of hydrogen-bond donors (Lipinski definition) is 2. The summed E-state index contributed by atoms with van der Waals surface area (Å²) in [6, 6.07) is 1.88. The smallest absolute Gasteiger partial charge is 0.0860 e. The van der Waals surface area contributed by atoms with Gasteiger partial charge in [0.25, 0.3) is 0 Å². The number of aromatic nitrogens is 2. The molecule has 1 aromatic rings. The third kappa shape index (κ3) is 4.48. The van der Waals surface area contributed by atoms with Gasteiger partial charge in [-0.2, -0.15) is 5.10 Å². The molecule has 1 unspecified atom stereocenters. The normalized spacial score (nSPS) is 18.6. The lowest BCUT2D eigenvalue weighted by atomic mass is 10.0. The first-order valence-electron chi connectivity index (χ1n) is 6.71. The largest absolute Gasteiger partial charge is 0.390 e. The molecule has 96 valence electrons. The van der Waals surface area contributed by atoms with Crippen molar-refractivity contribution in [1.29, 1.82) is 0 Å². The zero-order valence-electron chi connectivity index (χ0n) is 10.4. The maximum atomic E-state index is 9.79. The summed E-state index contributed by atoms with van der Waals surface area (Å²) in [6.07, 6.45) is 10.1. The van der Waals surface area contributed by atoms with Crippen LogP contribution in [0.4, 0.5) is 0 Å². The Labute approximate surface area is 103 Å². The van der Waals surface area contributed by atoms with Crippen LogP contribution in [0.15, 0.2) is 18.5 Å². The van der Waals surface area contributed by atoms with Crippen LogP contribution < -0.4 is 5.32 Å². The van der Waals surface area contributed by atoms with Gasteiger partial charge in [0, 0.05) is 18.9 Å². The second-order valence-electron chi connectivity index (χ2n) is 5.03. The SMILES string of the molecule is OC(CNCCC1CCCC1)Cn1cccn1. The first-order chi connectivity index (χ1) is 8.34. The fraction of sp³-hybridized carbons (Fsp3) is 0.769. The summed E-state index contributed by atoms with van der Waals surface area (Å²) < 4.78 is 1.77. The lowest BCUT2D eigenvalue weighted by molar-refractivity contribution is 0.146. The molecule has 17 heavy (non-hydrogen) atoms. The average Bonchev–Trinajstić information content (AvgIpc) is 2.96. The van der Waals surface area contributed by atoms with Gasteiger partial charge < -0.3 is 10.4 Å². The first-order valence-corrected chi connectivity index (χ1v) is 6.71. The van der Waals surface area contributed by atoms with Gasteiger partial charge >= 0.3 is 0 Å². The van der Waals surface area contributed by atoms with Crippen molar-refractivity contribution in [3.8, 4) is 0 Å². The van der Waals surface area contributed by atoms with E-state index in [-0.39, 0.29) is 6.10 Å². The van der Waals surface area contributed by atoms with Gasteiger partial charge in [0.05, 0.1) is 12.6 Å². The predicted octanol–water partition coefficient (Wildman–Crippen LogP) is 1.41. The number of aliphatic hydroxyl groups is 1. The fourth-order valence-corrected chi connectivity index (χ4v) is 2.56. The van der Waals surface area contributed by atoms with Gasteiger partial charge in [-0.25, -0.2) is 0 Å². The summed E-state index contributed by atoms with van der Waals surface area (Å²) in [7, 11) is 0. The van der Waals surface area contributed by atoms with Crippen LogP contribution in [0.3, 0.4) is 0 Å². The molecule has 4 heteroatoms. The summed E-state index contributed by atoms with van der Waals surface area (Å²) in [5, 5.41) is 17.2. The van der Waals surface area contributed by atoms with Crippen LogP contribution >= 0.6 is 0 Å². The number of nitrogens with zero attached hydrogens (tertiary/aromatic N) is 2. The van der Waals surface area contributed by atoms with E-state index in [2.05, 4.69) is 10.4 Å². The summed E-state index contributed by atoms with van der Waals surface area (Å²) in [6.45, 7) is 2.26. The van der Waals surface area contributed by atoms with Crippen LogP contribution in [0.25, 0.3) is 0 Å². The summed E-state index contributed by atoms with van der Waals surface area (Å²) in [5.74, 6) is 0.922. The maximum Gasteiger partial charge on any atom is 0.0860 e. The molecule has 0 radical (unpaired) electrons. The monoisotopic (exact) mass is 237 g/mol. The van der Waals surface area contributed by atoms with Crippen molar-refractivity contribution >= 4 is 0 Å². The molecular formula is C13H23N3O. The molecule has 0 spiro atoms. The molecular weight excluding hydrogens is 214 g/mol. The Morgan fingerprint density at radius 3 is 2.94 bits per heavy atom. The predicted molar refractivity (Wildman–Crippen MR) is 67.7 cm³/mol. The number of rotatable bonds is 7. The Morgan fingerprint density at radius 1 is 1.41 bits per heavy atom. The first kappa shape index (κ1) is 12.6. The van der Waals surface area contributed by atoms with Gasteiger partial charge in [0.2, 0.25) is 0 Å². The fourth-order valence-electron chi connectivity index (χ4n) is 2.56. The highest BCUT2D eigenvalue weighted by atomic mass is 16.3. The van der Waals surface area contributed by atoms with Gasteiger partial charge in [-0.15, -0.1) is 0 Å². The zero-order chi connectivity index (χ0) is 11.9. The molecule has 0 aliphatic heterocycles. The second kappa shape index (κ2) is 6.77. The van der Waals surface area contributed by atoms with E-state index in [0.717, 1.165) is 12.5 Å². The highest BCUT2D eigenvalue weighted by molar-refractivity contribution is 4.78. The Kier molecular flexibility index (Phi) is 5.01. The van der Waals surface area contributed by atoms with E-state index in [9.17, 15) is 5.11 Å². The van der Waals surface area contributed by atoms with Crippen molar-refractivity contribution < 1.29 is 5.11 Å². The van der Waals surface area contributed by atoms with Crippen molar-refractivity contribution in [1.82, 2.24) is 15.1 Å². The van der Waals surface area contributed by atoms with Gasteiger partial charge in [-0.05, 0) is 24.9 Å². The molecule has 0 amide bonds. The minimum atomic E-state index is -0.349. The number of aliphatic hydroxyl groups excluding tert-OH is 1. The number of hydrogen-bond acceptors (Lipinski definition) is 3. The third-order valence-corrected chi connectivity index (χ3v) is 3.54.